The topological polar surface area (TPSA) is 83.1 Å². The van der Waals surface area contributed by atoms with Crippen molar-refractivity contribution in [1.82, 2.24) is 19.9 Å². The monoisotopic (exact) mass is 664 g/mol. The molecule has 51 heavy (non-hydrogen) atoms. The Hall–Kier alpha value is -6.80. The lowest BCUT2D eigenvalue weighted by Crippen LogP contribution is -2.25. The smallest absolute Gasteiger partial charge is 0.169 e. The first-order valence-corrected chi connectivity index (χ1v) is 17.0. The quantitative estimate of drug-likeness (QED) is 0.208. The standard InChI is InChI=1S/C43H34N8/c1-49-22-14-29(15-23-49)41-34-6-4-32(45-34)40(28-12-20-44-21-13-28)33-5-7-35(46-33)42(30-16-24-50(2)25-17-30)37-9-11-39(48-37)43(38-10-8-36(41)47-38)31-18-26-51(3)27-19-31/h4-27H,1-3H3,(H,45,46,47,48)/q+2/p+2. The number of rotatable bonds is 4. The highest BCUT2D eigenvalue weighted by molar-refractivity contribution is 6.00. The Balaban J connectivity index is 1.47. The normalized spacial score (nSPS) is 12.1. The molecule has 0 saturated carbocycles. The van der Waals surface area contributed by atoms with Gasteiger partial charge in [0.05, 0.1) is 22.8 Å². The van der Waals surface area contributed by atoms with Crippen LogP contribution in [0.1, 0.15) is 22.8 Å². The van der Waals surface area contributed by atoms with E-state index in [1.54, 1.807) is 0 Å². The Morgan fingerprint density at radius 2 is 0.706 bits per heavy atom. The third-order valence-corrected chi connectivity index (χ3v) is 9.56. The minimum absolute atomic E-state index is 0.863. The number of H-pyrrole nitrogens is 3. The van der Waals surface area contributed by atoms with E-state index in [4.69, 9.17) is 9.97 Å². The maximum Gasteiger partial charge on any atom is 0.169 e. The third-order valence-electron chi connectivity index (χ3n) is 9.56. The lowest BCUT2D eigenvalue weighted by atomic mass is 10.0. The van der Waals surface area contributed by atoms with Gasteiger partial charge in [0.15, 0.2) is 49.6 Å². The van der Waals surface area contributed by atoms with Crippen LogP contribution in [0.3, 0.4) is 0 Å². The molecular formula is C43H36N8+4. The fraction of sp³-hybridized carbons (Fsp3) is 0.0698. The van der Waals surface area contributed by atoms with Crippen LogP contribution in [0.25, 0.3) is 90.9 Å². The molecule has 0 spiro atoms. The first kappa shape index (κ1) is 30.3. The zero-order chi connectivity index (χ0) is 34.5. The molecule has 0 amide bonds. The van der Waals surface area contributed by atoms with Crippen molar-refractivity contribution in [2.24, 2.45) is 21.1 Å². The second-order valence-corrected chi connectivity index (χ2v) is 13.0. The predicted molar refractivity (Wildman–Crippen MR) is 201 cm³/mol. The lowest BCUT2D eigenvalue weighted by molar-refractivity contribution is -0.671. The highest BCUT2D eigenvalue weighted by Gasteiger charge is 2.20. The molecule has 244 valence electrons. The number of aromatic amines is 3. The van der Waals surface area contributed by atoms with Crippen molar-refractivity contribution < 1.29 is 18.7 Å². The van der Waals surface area contributed by atoms with Crippen molar-refractivity contribution in [2.75, 3.05) is 0 Å². The van der Waals surface area contributed by atoms with Crippen molar-refractivity contribution in [1.29, 1.82) is 0 Å². The van der Waals surface area contributed by atoms with Gasteiger partial charge in [0.2, 0.25) is 0 Å². The summed E-state index contributed by atoms with van der Waals surface area (Å²) < 4.78 is 6.14. The van der Waals surface area contributed by atoms with Gasteiger partial charge in [0.25, 0.3) is 0 Å². The van der Waals surface area contributed by atoms with Gasteiger partial charge in [-0.2, -0.15) is 0 Å². The summed E-state index contributed by atoms with van der Waals surface area (Å²) in [7, 11) is 6.10. The Bertz CT molecular complexity index is 2680. The van der Waals surface area contributed by atoms with Gasteiger partial charge in [-0.05, 0) is 70.8 Å². The fourth-order valence-corrected chi connectivity index (χ4v) is 6.98. The number of aromatic nitrogens is 8. The second kappa shape index (κ2) is 12.3. The number of hydrogen-bond donors (Lipinski definition) is 2. The van der Waals surface area contributed by atoms with Gasteiger partial charge in [0.1, 0.15) is 21.1 Å². The van der Waals surface area contributed by atoms with Crippen molar-refractivity contribution in [3.05, 3.63) is 145 Å². The number of aryl methyl sites for hydroxylation is 3. The summed E-state index contributed by atoms with van der Waals surface area (Å²) in [4.78, 5) is 21.6. The van der Waals surface area contributed by atoms with Gasteiger partial charge < -0.3 is 9.97 Å². The Morgan fingerprint density at radius 3 is 1.12 bits per heavy atom. The molecule has 0 fully saturated rings. The summed E-state index contributed by atoms with van der Waals surface area (Å²) in [6.07, 6.45) is 24.8. The summed E-state index contributed by atoms with van der Waals surface area (Å²) in [5.74, 6) is 0. The van der Waals surface area contributed by atoms with Crippen LogP contribution in [0, 0.1) is 0 Å². The molecule has 7 aromatic rings. The highest BCUT2D eigenvalue weighted by Crippen LogP contribution is 2.37. The maximum absolute atomic E-state index is 5.37. The molecule has 8 nitrogen and oxygen atoms in total. The van der Waals surface area contributed by atoms with Gasteiger partial charge in [-0.25, -0.2) is 28.7 Å². The van der Waals surface area contributed by atoms with E-state index in [-0.39, 0.29) is 0 Å². The van der Waals surface area contributed by atoms with Crippen molar-refractivity contribution in [3.63, 3.8) is 0 Å². The molecule has 9 rings (SSSR count). The summed E-state index contributed by atoms with van der Waals surface area (Å²) in [5.41, 5.74) is 15.8. The van der Waals surface area contributed by atoms with Gasteiger partial charge in [-0.3, -0.25) is 0 Å². The second-order valence-electron chi connectivity index (χ2n) is 13.0. The van der Waals surface area contributed by atoms with Crippen molar-refractivity contribution >= 4 is 46.4 Å². The van der Waals surface area contributed by atoms with Gasteiger partial charge in [0, 0.05) is 92.9 Å². The average molecular weight is 665 g/mol. The maximum atomic E-state index is 5.37. The SMILES string of the molecule is C[n+]1ccc(-c2c3nc(c(-c4cc[nH+]cc4)c4ccc([nH]4)c(-c4cc[n+](C)cc4)c4ccc([nH]4)c(-c4cc[n+](C)cc4)c4nc2C=C4)C=C3)cc1. The van der Waals surface area contributed by atoms with Crippen LogP contribution in [0.15, 0.2) is 122 Å². The minimum Gasteiger partial charge on any atom is -0.354 e. The predicted octanol–water partition coefficient (Wildman–Crippen LogP) is 6.61. The molecule has 7 aromatic heterocycles. The fourth-order valence-electron chi connectivity index (χ4n) is 6.98. The Morgan fingerprint density at radius 1 is 0.392 bits per heavy atom. The first-order valence-electron chi connectivity index (χ1n) is 17.0. The lowest BCUT2D eigenvalue weighted by Gasteiger charge is -2.06. The number of hydrogen-bond acceptors (Lipinski definition) is 2. The van der Waals surface area contributed by atoms with E-state index >= 15 is 0 Å². The molecule has 0 aromatic carbocycles. The van der Waals surface area contributed by atoms with Gasteiger partial charge in [-0.15, -0.1) is 0 Å². The van der Waals surface area contributed by atoms with E-state index in [0.29, 0.717) is 0 Å². The molecule has 8 bridgehead atoms. The van der Waals surface area contributed by atoms with Gasteiger partial charge in [-0.1, -0.05) is 0 Å². The third kappa shape index (κ3) is 5.53. The minimum atomic E-state index is 0.863. The van der Waals surface area contributed by atoms with E-state index in [2.05, 4.69) is 154 Å². The average Bonchev–Trinajstić information content (AvgIpc) is 3.99. The number of nitrogens with one attached hydrogen (secondary N) is 3. The molecule has 0 radical (unpaired) electrons. The van der Waals surface area contributed by atoms with Crippen LogP contribution in [-0.2, 0) is 21.1 Å². The van der Waals surface area contributed by atoms with E-state index < -0.39 is 0 Å². The van der Waals surface area contributed by atoms with Crippen LogP contribution in [0.4, 0.5) is 0 Å². The molecule has 8 heteroatoms. The zero-order valence-electron chi connectivity index (χ0n) is 28.6. The van der Waals surface area contributed by atoms with Crippen LogP contribution in [0.2, 0.25) is 0 Å². The molecular weight excluding hydrogens is 629 g/mol. The molecule has 0 atom stereocenters. The van der Waals surface area contributed by atoms with Crippen molar-refractivity contribution in [3.8, 4) is 44.5 Å². The van der Waals surface area contributed by atoms with Crippen LogP contribution < -0.4 is 18.7 Å². The zero-order valence-corrected chi connectivity index (χ0v) is 28.6. The van der Waals surface area contributed by atoms with Gasteiger partial charge >= 0.3 is 0 Å². The Kier molecular flexibility index (Phi) is 7.28. The molecule has 3 N–H and O–H groups in total. The van der Waals surface area contributed by atoms with E-state index in [9.17, 15) is 0 Å². The van der Waals surface area contributed by atoms with E-state index in [1.165, 1.54) is 0 Å². The van der Waals surface area contributed by atoms with Crippen molar-refractivity contribution in [2.45, 2.75) is 0 Å². The Labute approximate surface area is 295 Å². The van der Waals surface area contributed by atoms with Crippen LogP contribution in [0.5, 0.6) is 0 Å². The summed E-state index contributed by atoms with van der Waals surface area (Å²) in [6, 6.07) is 25.7. The summed E-state index contributed by atoms with van der Waals surface area (Å²) >= 11 is 0. The highest BCUT2D eigenvalue weighted by atomic mass is 14.9. The van der Waals surface area contributed by atoms with Crippen LogP contribution >= 0.6 is 0 Å². The molecule has 2 aliphatic rings. The molecule has 9 heterocycles. The largest absolute Gasteiger partial charge is 0.354 e. The van der Waals surface area contributed by atoms with Crippen LogP contribution in [-0.4, -0.2) is 19.9 Å². The number of pyridine rings is 4. The molecule has 0 unspecified atom stereocenters. The number of fused-ring (bicyclic) bond motifs is 8. The first-order chi connectivity index (χ1) is 25.0. The van der Waals surface area contributed by atoms with E-state index in [1.807, 2.05) is 42.7 Å². The summed E-state index contributed by atoms with van der Waals surface area (Å²) in [6.45, 7) is 0. The molecule has 0 aliphatic carbocycles. The molecule has 2 aliphatic heterocycles. The molecule has 0 saturated heterocycles. The summed E-state index contributed by atoms with van der Waals surface area (Å²) in [5, 5.41) is 0. The van der Waals surface area contributed by atoms with E-state index in [0.717, 1.165) is 89.4 Å². The number of nitrogens with zero attached hydrogens (tertiary/aromatic N) is 5.